The lowest BCUT2D eigenvalue weighted by Crippen LogP contribution is -2.06. The monoisotopic (exact) mass is 381 g/mol. The standard InChI is InChI=1S/C20H16ClN3O3/c1-26-20(25)17(12-22-19-11-18(21)23-13-24-19)14-7-9-16(10-8-14)27-15-5-3-2-4-6-15/h2-13H,1H3,(H,22,23,24)/b17-12+. The Kier molecular flexibility index (Phi) is 6.02. The van der Waals surface area contributed by atoms with Crippen LogP contribution < -0.4 is 10.1 Å². The topological polar surface area (TPSA) is 73.3 Å². The number of esters is 1. The summed E-state index contributed by atoms with van der Waals surface area (Å²) in [6.07, 6.45) is 2.84. The van der Waals surface area contributed by atoms with E-state index in [1.54, 1.807) is 30.3 Å². The number of para-hydroxylation sites is 1. The molecule has 0 radical (unpaired) electrons. The van der Waals surface area contributed by atoms with E-state index in [-0.39, 0.29) is 0 Å². The van der Waals surface area contributed by atoms with Gasteiger partial charge in [-0.25, -0.2) is 14.8 Å². The quantitative estimate of drug-likeness (QED) is 0.383. The smallest absolute Gasteiger partial charge is 0.339 e. The zero-order valence-corrected chi connectivity index (χ0v) is 15.2. The van der Waals surface area contributed by atoms with Gasteiger partial charge >= 0.3 is 5.97 Å². The highest BCUT2D eigenvalue weighted by Gasteiger charge is 2.13. The summed E-state index contributed by atoms with van der Waals surface area (Å²) in [5, 5.41) is 3.22. The van der Waals surface area contributed by atoms with Crippen molar-refractivity contribution in [2.24, 2.45) is 0 Å². The van der Waals surface area contributed by atoms with Gasteiger partial charge in [0, 0.05) is 12.3 Å². The first-order valence-electron chi connectivity index (χ1n) is 8.01. The summed E-state index contributed by atoms with van der Waals surface area (Å²) < 4.78 is 10.6. The summed E-state index contributed by atoms with van der Waals surface area (Å²) in [6, 6.07) is 18.1. The molecule has 0 fully saturated rings. The van der Waals surface area contributed by atoms with E-state index in [0.717, 1.165) is 5.75 Å². The number of carbonyl (C=O) groups excluding carboxylic acids is 1. The molecule has 0 unspecified atom stereocenters. The van der Waals surface area contributed by atoms with Gasteiger partial charge in [0.2, 0.25) is 0 Å². The highest BCUT2D eigenvalue weighted by molar-refractivity contribution is 6.29. The van der Waals surface area contributed by atoms with E-state index in [2.05, 4.69) is 15.3 Å². The van der Waals surface area contributed by atoms with Crippen LogP contribution >= 0.6 is 11.6 Å². The van der Waals surface area contributed by atoms with Crippen LogP contribution in [0.15, 0.2) is 73.2 Å². The van der Waals surface area contributed by atoms with Crippen LogP contribution in [0.4, 0.5) is 5.82 Å². The normalized spacial score (nSPS) is 11.0. The first-order valence-corrected chi connectivity index (χ1v) is 8.39. The molecule has 2 aromatic carbocycles. The van der Waals surface area contributed by atoms with Crippen LogP contribution in [0, 0.1) is 0 Å². The number of hydrogen-bond acceptors (Lipinski definition) is 6. The fraction of sp³-hybridized carbons (Fsp3) is 0.0500. The van der Waals surface area contributed by atoms with Crippen molar-refractivity contribution < 1.29 is 14.3 Å². The fourth-order valence-corrected chi connectivity index (χ4v) is 2.40. The molecule has 3 rings (SSSR count). The number of hydrogen-bond donors (Lipinski definition) is 1. The van der Waals surface area contributed by atoms with Gasteiger partial charge in [0.15, 0.2) is 0 Å². The Hall–Kier alpha value is -3.38. The Morgan fingerprint density at radius 1 is 1.04 bits per heavy atom. The lowest BCUT2D eigenvalue weighted by molar-refractivity contribution is -0.133. The molecular formula is C20H16ClN3O3. The molecule has 0 amide bonds. The molecule has 0 atom stereocenters. The Morgan fingerprint density at radius 2 is 1.74 bits per heavy atom. The maximum Gasteiger partial charge on any atom is 0.339 e. The second kappa shape index (κ2) is 8.82. The average molecular weight is 382 g/mol. The number of ether oxygens (including phenoxy) is 2. The number of anilines is 1. The van der Waals surface area contributed by atoms with Gasteiger partial charge in [-0.1, -0.05) is 41.9 Å². The molecule has 27 heavy (non-hydrogen) atoms. The molecule has 7 heteroatoms. The van der Waals surface area contributed by atoms with Gasteiger partial charge in [-0.15, -0.1) is 0 Å². The van der Waals surface area contributed by atoms with Crippen LogP contribution in [0.5, 0.6) is 11.5 Å². The molecule has 0 saturated heterocycles. The maximum absolute atomic E-state index is 12.2. The molecule has 1 aromatic heterocycles. The number of nitrogens with one attached hydrogen (secondary N) is 1. The minimum atomic E-state index is -0.487. The van der Waals surface area contributed by atoms with Gasteiger partial charge in [0.05, 0.1) is 12.7 Å². The predicted molar refractivity (Wildman–Crippen MR) is 104 cm³/mol. The van der Waals surface area contributed by atoms with E-state index in [0.29, 0.717) is 27.9 Å². The zero-order valence-electron chi connectivity index (χ0n) is 14.4. The Bertz CT molecular complexity index is 944. The third-order valence-corrected chi connectivity index (χ3v) is 3.75. The van der Waals surface area contributed by atoms with E-state index < -0.39 is 5.97 Å². The molecule has 0 spiro atoms. The number of halogens is 1. The van der Waals surface area contributed by atoms with Crippen LogP contribution in [0.2, 0.25) is 5.15 Å². The number of nitrogens with zero attached hydrogens (tertiary/aromatic N) is 2. The second-order valence-electron chi connectivity index (χ2n) is 5.36. The van der Waals surface area contributed by atoms with Gasteiger partial charge in [0.1, 0.15) is 28.8 Å². The van der Waals surface area contributed by atoms with Gasteiger partial charge in [-0.2, -0.15) is 0 Å². The molecule has 0 aliphatic heterocycles. The van der Waals surface area contributed by atoms with Gasteiger partial charge < -0.3 is 14.8 Å². The van der Waals surface area contributed by atoms with Crippen LogP contribution in [0.25, 0.3) is 5.57 Å². The van der Waals surface area contributed by atoms with Crippen LogP contribution in [0.3, 0.4) is 0 Å². The van der Waals surface area contributed by atoms with Gasteiger partial charge in [-0.05, 0) is 29.8 Å². The molecule has 3 aromatic rings. The van der Waals surface area contributed by atoms with Gasteiger partial charge in [-0.3, -0.25) is 0 Å². The van der Waals surface area contributed by atoms with E-state index in [1.165, 1.54) is 19.6 Å². The number of benzene rings is 2. The lowest BCUT2D eigenvalue weighted by atomic mass is 10.1. The molecule has 0 bridgehead atoms. The van der Waals surface area contributed by atoms with E-state index in [9.17, 15) is 4.79 Å². The predicted octanol–water partition coefficient (Wildman–Crippen LogP) is 4.55. The summed E-state index contributed by atoms with van der Waals surface area (Å²) in [6.45, 7) is 0. The summed E-state index contributed by atoms with van der Waals surface area (Å²) in [5.41, 5.74) is 0.994. The number of carbonyl (C=O) groups is 1. The van der Waals surface area contributed by atoms with Crippen LogP contribution in [-0.4, -0.2) is 23.0 Å². The minimum absolute atomic E-state index is 0.294. The molecule has 0 aliphatic rings. The van der Waals surface area contributed by atoms with Crippen LogP contribution in [-0.2, 0) is 9.53 Å². The molecular weight excluding hydrogens is 366 g/mol. The highest BCUT2D eigenvalue weighted by atomic mass is 35.5. The van der Waals surface area contributed by atoms with Crippen molar-refractivity contribution in [2.45, 2.75) is 0 Å². The summed E-state index contributed by atoms with van der Waals surface area (Å²) >= 11 is 5.83. The van der Waals surface area contributed by atoms with Crippen molar-refractivity contribution in [1.29, 1.82) is 0 Å². The molecule has 0 saturated carbocycles. The first kappa shape index (κ1) is 18.4. The Labute approximate surface area is 161 Å². The maximum atomic E-state index is 12.2. The SMILES string of the molecule is COC(=O)/C(=C/Nc1cc(Cl)ncn1)c1ccc(Oc2ccccc2)cc1. The fourth-order valence-electron chi connectivity index (χ4n) is 2.26. The number of aromatic nitrogens is 2. The summed E-state index contributed by atoms with van der Waals surface area (Å²) in [5.74, 6) is 1.36. The zero-order chi connectivity index (χ0) is 19.1. The third-order valence-electron chi connectivity index (χ3n) is 3.55. The molecule has 6 nitrogen and oxygen atoms in total. The molecule has 136 valence electrons. The highest BCUT2D eigenvalue weighted by Crippen LogP contribution is 2.24. The molecule has 1 N–H and O–H groups in total. The average Bonchev–Trinajstić information content (AvgIpc) is 2.70. The molecule has 1 heterocycles. The Balaban J connectivity index is 1.80. The largest absolute Gasteiger partial charge is 0.465 e. The van der Waals surface area contributed by atoms with Crippen LogP contribution in [0.1, 0.15) is 5.56 Å². The van der Waals surface area contributed by atoms with E-state index in [4.69, 9.17) is 21.1 Å². The third kappa shape index (κ3) is 5.05. The van der Waals surface area contributed by atoms with Crippen molar-refractivity contribution in [2.75, 3.05) is 12.4 Å². The summed E-state index contributed by atoms with van der Waals surface area (Å²) in [4.78, 5) is 20.0. The van der Waals surface area contributed by atoms with Crippen molar-refractivity contribution in [1.82, 2.24) is 9.97 Å². The van der Waals surface area contributed by atoms with Crippen molar-refractivity contribution >= 4 is 29.0 Å². The molecule has 0 aliphatic carbocycles. The van der Waals surface area contributed by atoms with E-state index >= 15 is 0 Å². The van der Waals surface area contributed by atoms with E-state index in [1.807, 2.05) is 30.3 Å². The van der Waals surface area contributed by atoms with Crippen molar-refractivity contribution in [3.8, 4) is 11.5 Å². The minimum Gasteiger partial charge on any atom is -0.465 e. The number of rotatable bonds is 6. The summed E-state index contributed by atoms with van der Waals surface area (Å²) in [7, 11) is 1.32. The second-order valence-corrected chi connectivity index (χ2v) is 5.75. The Morgan fingerprint density at radius 3 is 2.41 bits per heavy atom. The van der Waals surface area contributed by atoms with Gasteiger partial charge in [0.25, 0.3) is 0 Å². The first-order chi connectivity index (χ1) is 13.2. The van der Waals surface area contributed by atoms with Crippen molar-refractivity contribution in [3.63, 3.8) is 0 Å². The van der Waals surface area contributed by atoms with Crippen molar-refractivity contribution in [3.05, 3.63) is 83.9 Å². The number of methoxy groups -OCH3 is 1. The lowest BCUT2D eigenvalue weighted by Gasteiger charge is -2.09.